The van der Waals surface area contributed by atoms with Gasteiger partial charge in [-0.2, -0.15) is 5.26 Å². The van der Waals surface area contributed by atoms with Crippen molar-refractivity contribution in [2.24, 2.45) is 0 Å². The van der Waals surface area contributed by atoms with Gasteiger partial charge >= 0.3 is 5.97 Å². The molecule has 0 aliphatic carbocycles. The first-order valence-electron chi connectivity index (χ1n) is 5.76. The van der Waals surface area contributed by atoms with Crippen LogP contribution in [0.2, 0.25) is 10.0 Å². The fourth-order valence-electron chi connectivity index (χ4n) is 2.15. The van der Waals surface area contributed by atoms with Gasteiger partial charge < -0.3 is 9.64 Å². The van der Waals surface area contributed by atoms with Crippen LogP contribution in [0.15, 0.2) is 12.1 Å². The summed E-state index contributed by atoms with van der Waals surface area (Å²) < 4.78 is 4.53. The van der Waals surface area contributed by atoms with Crippen LogP contribution in [-0.4, -0.2) is 30.4 Å². The Bertz CT molecular complexity index is 625. The fourth-order valence-corrected chi connectivity index (χ4v) is 2.74. The zero-order valence-electron chi connectivity index (χ0n) is 10.5. The standard InChI is InChI=1S/C13H10Cl2N2O3/c1-20-11(18)2-3-17-10(6-16)8-4-7(14)5-9(15)12(8)13(17)19/h4-5,10H,2-3H2,1H3. The summed E-state index contributed by atoms with van der Waals surface area (Å²) >= 11 is 11.9. The number of esters is 1. The van der Waals surface area contributed by atoms with Crippen LogP contribution in [0.4, 0.5) is 0 Å². The average molecular weight is 313 g/mol. The number of hydrogen-bond donors (Lipinski definition) is 0. The largest absolute Gasteiger partial charge is 0.469 e. The number of methoxy groups -OCH3 is 1. The molecule has 1 unspecified atom stereocenters. The third kappa shape index (κ3) is 2.45. The Hall–Kier alpha value is -1.77. The van der Waals surface area contributed by atoms with Crippen LogP contribution >= 0.6 is 23.2 Å². The SMILES string of the molecule is COC(=O)CCN1C(=O)c2c(Cl)cc(Cl)cc2C1C#N. The van der Waals surface area contributed by atoms with Crippen molar-refractivity contribution in [2.45, 2.75) is 12.5 Å². The molecule has 1 aliphatic heterocycles. The van der Waals surface area contributed by atoms with E-state index in [1.165, 1.54) is 18.1 Å². The van der Waals surface area contributed by atoms with Gasteiger partial charge in [-0.25, -0.2) is 0 Å². The number of halogens is 2. The van der Waals surface area contributed by atoms with Gasteiger partial charge in [0, 0.05) is 17.1 Å². The molecule has 1 aliphatic rings. The van der Waals surface area contributed by atoms with Gasteiger partial charge in [-0.05, 0) is 12.1 Å². The summed E-state index contributed by atoms with van der Waals surface area (Å²) in [6.45, 7) is 0.0896. The van der Waals surface area contributed by atoms with Crippen molar-refractivity contribution < 1.29 is 14.3 Å². The Morgan fingerprint density at radius 3 is 2.80 bits per heavy atom. The summed E-state index contributed by atoms with van der Waals surface area (Å²) in [4.78, 5) is 24.8. The van der Waals surface area contributed by atoms with E-state index in [1.807, 2.05) is 6.07 Å². The molecule has 0 spiro atoms. The lowest BCUT2D eigenvalue weighted by Gasteiger charge is -2.19. The molecule has 0 N–H and O–H groups in total. The quantitative estimate of drug-likeness (QED) is 0.804. The molecule has 0 aromatic heterocycles. The number of nitrogens with zero attached hydrogens (tertiary/aromatic N) is 2. The first-order valence-corrected chi connectivity index (χ1v) is 6.51. The Balaban J connectivity index is 2.35. The maximum absolute atomic E-state index is 12.3. The van der Waals surface area contributed by atoms with Crippen molar-refractivity contribution in [3.05, 3.63) is 33.3 Å². The highest BCUT2D eigenvalue weighted by molar-refractivity contribution is 6.37. The molecule has 20 heavy (non-hydrogen) atoms. The number of ether oxygens (including phenoxy) is 1. The summed E-state index contributed by atoms with van der Waals surface area (Å²) in [6.07, 6.45) is 0.0137. The molecule has 1 atom stereocenters. The first kappa shape index (κ1) is 14.6. The lowest BCUT2D eigenvalue weighted by Crippen LogP contribution is -2.30. The lowest BCUT2D eigenvalue weighted by atomic mass is 10.1. The minimum Gasteiger partial charge on any atom is -0.469 e. The topological polar surface area (TPSA) is 70.4 Å². The van der Waals surface area contributed by atoms with Crippen molar-refractivity contribution in [1.82, 2.24) is 4.90 Å². The highest BCUT2D eigenvalue weighted by Crippen LogP contribution is 2.39. The summed E-state index contributed by atoms with van der Waals surface area (Å²) in [7, 11) is 1.27. The molecule has 0 bridgehead atoms. The second-order valence-electron chi connectivity index (χ2n) is 4.21. The van der Waals surface area contributed by atoms with Gasteiger partial charge in [0.25, 0.3) is 5.91 Å². The summed E-state index contributed by atoms with van der Waals surface area (Å²) in [5.41, 5.74) is 0.743. The van der Waals surface area contributed by atoms with E-state index in [-0.39, 0.29) is 29.5 Å². The van der Waals surface area contributed by atoms with Crippen molar-refractivity contribution in [3.63, 3.8) is 0 Å². The van der Waals surface area contributed by atoms with Crippen LogP contribution in [-0.2, 0) is 9.53 Å². The van der Waals surface area contributed by atoms with Gasteiger partial charge in [0.15, 0.2) is 0 Å². The molecular formula is C13H10Cl2N2O3. The maximum atomic E-state index is 12.3. The number of benzene rings is 1. The van der Waals surface area contributed by atoms with Gasteiger partial charge in [-0.1, -0.05) is 23.2 Å². The summed E-state index contributed by atoms with van der Waals surface area (Å²) in [5, 5.41) is 9.82. The van der Waals surface area contributed by atoms with Gasteiger partial charge in [0.2, 0.25) is 0 Å². The molecule has 7 heteroatoms. The number of fused-ring (bicyclic) bond motifs is 1. The Labute approximate surface area is 125 Å². The molecule has 0 fully saturated rings. The first-order chi connectivity index (χ1) is 9.49. The molecule has 1 aromatic carbocycles. The van der Waals surface area contributed by atoms with E-state index < -0.39 is 12.0 Å². The number of rotatable bonds is 3. The van der Waals surface area contributed by atoms with E-state index in [0.717, 1.165) is 0 Å². The van der Waals surface area contributed by atoms with Gasteiger partial charge in [0.05, 0.1) is 30.2 Å². The monoisotopic (exact) mass is 312 g/mol. The molecule has 2 rings (SSSR count). The van der Waals surface area contributed by atoms with Gasteiger partial charge in [-0.3, -0.25) is 9.59 Å². The Morgan fingerprint density at radius 2 is 2.20 bits per heavy atom. The predicted octanol–water partition coefficient (Wildman–Crippen LogP) is 2.58. The van der Waals surface area contributed by atoms with Crippen LogP contribution in [0, 0.1) is 11.3 Å². The number of carbonyl (C=O) groups is 2. The second kappa shape index (κ2) is 5.70. The summed E-state index contributed by atoms with van der Waals surface area (Å²) in [5.74, 6) is -0.827. The predicted molar refractivity (Wildman–Crippen MR) is 72.5 cm³/mol. The van der Waals surface area contributed by atoms with E-state index in [2.05, 4.69) is 4.74 Å². The minimum atomic E-state index is -0.793. The normalized spacial score (nSPS) is 16.8. The fraction of sp³-hybridized carbons (Fsp3) is 0.308. The third-order valence-electron chi connectivity index (χ3n) is 3.07. The van der Waals surface area contributed by atoms with Crippen LogP contribution in [0.25, 0.3) is 0 Å². The van der Waals surface area contributed by atoms with Crippen LogP contribution in [0.5, 0.6) is 0 Å². The molecule has 0 saturated carbocycles. The van der Waals surface area contributed by atoms with Crippen molar-refractivity contribution in [1.29, 1.82) is 5.26 Å². The molecule has 104 valence electrons. The van der Waals surface area contributed by atoms with Gasteiger partial charge in [0.1, 0.15) is 6.04 Å². The molecule has 1 heterocycles. The van der Waals surface area contributed by atoms with Gasteiger partial charge in [-0.15, -0.1) is 0 Å². The van der Waals surface area contributed by atoms with E-state index >= 15 is 0 Å². The van der Waals surface area contributed by atoms with Crippen LogP contribution in [0.3, 0.4) is 0 Å². The molecule has 5 nitrogen and oxygen atoms in total. The van der Waals surface area contributed by atoms with Crippen LogP contribution in [0.1, 0.15) is 28.4 Å². The zero-order valence-corrected chi connectivity index (χ0v) is 12.0. The molecule has 0 radical (unpaired) electrons. The molecular weight excluding hydrogens is 303 g/mol. The lowest BCUT2D eigenvalue weighted by molar-refractivity contribution is -0.140. The number of nitriles is 1. The third-order valence-corrected chi connectivity index (χ3v) is 3.59. The van der Waals surface area contributed by atoms with E-state index in [9.17, 15) is 14.9 Å². The smallest absolute Gasteiger partial charge is 0.307 e. The zero-order chi connectivity index (χ0) is 14.9. The van der Waals surface area contributed by atoms with Crippen molar-refractivity contribution in [2.75, 3.05) is 13.7 Å². The minimum absolute atomic E-state index is 0.0137. The number of hydrogen-bond acceptors (Lipinski definition) is 4. The highest BCUT2D eigenvalue weighted by atomic mass is 35.5. The Morgan fingerprint density at radius 1 is 1.50 bits per heavy atom. The number of carbonyl (C=O) groups excluding carboxylic acids is 2. The van der Waals surface area contributed by atoms with Crippen molar-refractivity contribution in [3.8, 4) is 6.07 Å². The Kier molecular flexibility index (Phi) is 4.17. The highest BCUT2D eigenvalue weighted by Gasteiger charge is 2.38. The van der Waals surface area contributed by atoms with E-state index in [1.54, 1.807) is 6.07 Å². The maximum Gasteiger partial charge on any atom is 0.307 e. The van der Waals surface area contributed by atoms with Crippen molar-refractivity contribution >= 4 is 35.1 Å². The molecule has 1 aromatic rings. The molecule has 0 saturated heterocycles. The second-order valence-corrected chi connectivity index (χ2v) is 5.05. The van der Waals surface area contributed by atoms with E-state index in [0.29, 0.717) is 10.6 Å². The van der Waals surface area contributed by atoms with Crippen LogP contribution < -0.4 is 0 Å². The summed E-state index contributed by atoms with van der Waals surface area (Å²) in [6, 6.07) is 4.24. The molecule has 1 amide bonds. The number of amides is 1. The van der Waals surface area contributed by atoms with E-state index in [4.69, 9.17) is 23.2 Å². The average Bonchev–Trinajstić information content (AvgIpc) is 2.67.